The number of terminal acetylenes is 1. The van der Waals surface area contributed by atoms with Crippen molar-refractivity contribution in [2.24, 2.45) is 0 Å². The Balaban J connectivity index is 1.76. The molecule has 2 aromatic rings. The maximum atomic E-state index is 12.3. The summed E-state index contributed by atoms with van der Waals surface area (Å²) in [6, 6.07) is 16.6. The van der Waals surface area contributed by atoms with Gasteiger partial charge in [0.25, 0.3) is 0 Å². The van der Waals surface area contributed by atoms with E-state index in [0.29, 0.717) is 11.3 Å². The van der Waals surface area contributed by atoms with Gasteiger partial charge in [0, 0.05) is 11.1 Å². The predicted molar refractivity (Wildman–Crippen MR) is 79.2 cm³/mol. The van der Waals surface area contributed by atoms with E-state index in [1.165, 1.54) is 0 Å². The second-order valence-electron chi connectivity index (χ2n) is 4.74. The first-order valence-electron chi connectivity index (χ1n) is 6.71. The fourth-order valence-corrected chi connectivity index (χ4v) is 2.28. The van der Waals surface area contributed by atoms with Crippen LogP contribution in [0.2, 0.25) is 0 Å². The number of rotatable bonds is 5. The summed E-state index contributed by atoms with van der Waals surface area (Å²) < 4.78 is 11.1. The zero-order valence-electron chi connectivity index (χ0n) is 11.4. The van der Waals surface area contributed by atoms with Gasteiger partial charge in [-0.25, -0.2) is 0 Å². The Labute approximate surface area is 123 Å². The lowest BCUT2D eigenvalue weighted by atomic mass is 10.0. The molecule has 104 valence electrons. The Bertz CT molecular complexity index is 685. The van der Waals surface area contributed by atoms with Crippen molar-refractivity contribution in [3.63, 3.8) is 0 Å². The van der Waals surface area contributed by atoms with Crippen molar-refractivity contribution in [1.29, 1.82) is 0 Å². The largest absolute Gasteiger partial charge is 0.481 e. The molecule has 0 amide bonds. The monoisotopic (exact) mass is 278 g/mol. The average Bonchev–Trinajstić information content (AvgIpc) is 3.34. The van der Waals surface area contributed by atoms with Crippen molar-refractivity contribution < 1.29 is 14.3 Å². The number of ether oxygens (including phenoxy) is 2. The van der Waals surface area contributed by atoms with E-state index in [4.69, 9.17) is 15.9 Å². The van der Waals surface area contributed by atoms with Gasteiger partial charge >= 0.3 is 0 Å². The number of epoxide rings is 1. The molecular formula is C18H14O3. The van der Waals surface area contributed by atoms with Crippen LogP contribution >= 0.6 is 0 Å². The molecule has 1 aliphatic rings. The Kier molecular flexibility index (Phi) is 3.72. The highest BCUT2D eigenvalue weighted by molar-refractivity contribution is 6.01. The highest BCUT2D eigenvalue weighted by atomic mass is 16.6. The fourth-order valence-electron chi connectivity index (χ4n) is 2.28. The highest BCUT2D eigenvalue weighted by Gasteiger charge is 2.47. The summed E-state index contributed by atoms with van der Waals surface area (Å²) in [7, 11) is 0. The molecular weight excluding hydrogens is 264 g/mol. The smallest absolute Gasteiger partial charge is 0.194 e. The number of hydrogen-bond donors (Lipinski definition) is 0. The maximum absolute atomic E-state index is 12.3. The third-order valence-corrected chi connectivity index (χ3v) is 3.34. The number of carbonyl (C=O) groups is 1. The van der Waals surface area contributed by atoms with Gasteiger partial charge in [0.05, 0.1) is 0 Å². The number of Topliss-reactive ketones (excluding diaryl/α,β-unsaturated/α-hetero) is 1. The minimum atomic E-state index is -0.442. The topological polar surface area (TPSA) is 38.8 Å². The number of carbonyl (C=O) groups excluding carboxylic acids is 1. The summed E-state index contributed by atoms with van der Waals surface area (Å²) in [5.41, 5.74) is 1.52. The first-order chi connectivity index (χ1) is 10.3. The molecule has 0 spiro atoms. The predicted octanol–water partition coefficient (Wildman–Crippen LogP) is 3.02. The number of hydrogen-bond acceptors (Lipinski definition) is 3. The zero-order chi connectivity index (χ0) is 14.7. The van der Waals surface area contributed by atoms with E-state index in [-0.39, 0.29) is 18.5 Å². The summed E-state index contributed by atoms with van der Waals surface area (Å²) >= 11 is 0. The van der Waals surface area contributed by atoms with E-state index in [1.54, 1.807) is 12.1 Å². The standard InChI is InChI=1S/C18H14O3/c1-2-12-20-15-11-7-6-10-14(15)17-18(21-17)16(19)13-8-4-3-5-9-13/h1,3-11,17-18H,12H2. The summed E-state index contributed by atoms with van der Waals surface area (Å²) in [6.45, 7) is 0.195. The molecule has 2 unspecified atom stereocenters. The Morgan fingerprint density at radius 3 is 2.62 bits per heavy atom. The van der Waals surface area contributed by atoms with Gasteiger partial charge in [0.2, 0.25) is 0 Å². The summed E-state index contributed by atoms with van der Waals surface area (Å²) in [6.07, 6.45) is 4.51. The van der Waals surface area contributed by atoms with Crippen molar-refractivity contribution in [3.05, 3.63) is 65.7 Å². The molecule has 21 heavy (non-hydrogen) atoms. The molecule has 0 saturated carbocycles. The van der Waals surface area contributed by atoms with Gasteiger partial charge in [-0.1, -0.05) is 54.5 Å². The van der Waals surface area contributed by atoms with Crippen molar-refractivity contribution in [3.8, 4) is 18.1 Å². The van der Waals surface area contributed by atoms with Gasteiger partial charge in [-0.05, 0) is 6.07 Å². The molecule has 3 rings (SSSR count). The fraction of sp³-hybridized carbons (Fsp3) is 0.167. The SMILES string of the molecule is C#CCOc1ccccc1C1OC1C(=O)c1ccccc1. The lowest BCUT2D eigenvalue weighted by molar-refractivity contribution is 0.0953. The molecule has 0 aliphatic carbocycles. The van der Waals surface area contributed by atoms with Crippen molar-refractivity contribution in [1.82, 2.24) is 0 Å². The Morgan fingerprint density at radius 2 is 1.86 bits per heavy atom. The molecule has 1 heterocycles. The molecule has 1 aliphatic heterocycles. The van der Waals surface area contributed by atoms with Gasteiger partial charge < -0.3 is 9.47 Å². The number of ketones is 1. The van der Waals surface area contributed by atoms with Crippen LogP contribution in [0.15, 0.2) is 54.6 Å². The first-order valence-corrected chi connectivity index (χ1v) is 6.71. The van der Waals surface area contributed by atoms with E-state index in [1.807, 2.05) is 42.5 Å². The van der Waals surface area contributed by atoms with Crippen molar-refractivity contribution in [2.75, 3.05) is 6.61 Å². The van der Waals surface area contributed by atoms with Gasteiger partial charge in [-0.3, -0.25) is 4.79 Å². The second-order valence-corrected chi connectivity index (χ2v) is 4.74. The summed E-state index contributed by atoms with van der Waals surface area (Å²) in [5, 5.41) is 0. The third kappa shape index (κ3) is 2.81. The van der Waals surface area contributed by atoms with Crippen molar-refractivity contribution in [2.45, 2.75) is 12.2 Å². The molecule has 1 fully saturated rings. The van der Waals surface area contributed by atoms with E-state index < -0.39 is 6.10 Å². The Hall–Kier alpha value is -2.57. The van der Waals surface area contributed by atoms with Crippen LogP contribution in [0.1, 0.15) is 22.0 Å². The highest BCUT2D eigenvalue weighted by Crippen LogP contribution is 2.44. The molecule has 1 saturated heterocycles. The third-order valence-electron chi connectivity index (χ3n) is 3.34. The van der Waals surface area contributed by atoms with E-state index in [0.717, 1.165) is 5.56 Å². The first kappa shape index (κ1) is 13.4. The molecule has 3 nitrogen and oxygen atoms in total. The number of benzene rings is 2. The van der Waals surface area contributed by atoms with Crippen LogP contribution in [-0.4, -0.2) is 18.5 Å². The Morgan fingerprint density at radius 1 is 1.14 bits per heavy atom. The minimum Gasteiger partial charge on any atom is -0.481 e. The van der Waals surface area contributed by atoms with Gasteiger partial charge in [0.1, 0.15) is 18.5 Å². The van der Waals surface area contributed by atoms with Gasteiger partial charge in [0.15, 0.2) is 11.9 Å². The van der Waals surface area contributed by atoms with Crippen LogP contribution in [0.4, 0.5) is 0 Å². The lowest BCUT2D eigenvalue weighted by Crippen LogP contribution is -2.08. The van der Waals surface area contributed by atoms with Crippen LogP contribution in [-0.2, 0) is 4.74 Å². The molecule has 2 aromatic carbocycles. The lowest BCUT2D eigenvalue weighted by Gasteiger charge is -2.07. The van der Waals surface area contributed by atoms with E-state index in [9.17, 15) is 4.79 Å². The van der Waals surface area contributed by atoms with Crippen LogP contribution in [0.25, 0.3) is 0 Å². The van der Waals surface area contributed by atoms with Gasteiger partial charge in [-0.2, -0.15) is 0 Å². The molecule has 0 aromatic heterocycles. The molecule has 0 radical (unpaired) electrons. The molecule has 3 heteroatoms. The average molecular weight is 278 g/mol. The molecule has 2 atom stereocenters. The quantitative estimate of drug-likeness (QED) is 0.479. The second kappa shape index (κ2) is 5.82. The molecule has 0 N–H and O–H groups in total. The van der Waals surface area contributed by atoms with E-state index in [2.05, 4.69) is 5.92 Å². The van der Waals surface area contributed by atoms with Crippen LogP contribution in [0.3, 0.4) is 0 Å². The number of para-hydroxylation sites is 1. The summed E-state index contributed by atoms with van der Waals surface area (Å²) in [4.78, 5) is 12.3. The zero-order valence-corrected chi connectivity index (χ0v) is 11.4. The van der Waals surface area contributed by atoms with Crippen LogP contribution in [0, 0.1) is 12.3 Å². The minimum absolute atomic E-state index is 0.00708. The van der Waals surface area contributed by atoms with Crippen molar-refractivity contribution >= 4 is 5.78 Å². The maximum Gasteiger partial charge on any atom is 0.194 e. The molecule has 0 bridgehead atoms. The van der Waals surface area contributed by atoms with Gasteiger partial charge in [-0.15, -0.1) is 6.42 Å². The normalized spacial score (nSPS) is 19.6. The van der Waals surface area contributed by atoms with Crippen LogP contribution in [0.5, 0.6) is 5.75 Å². The van der Waals surface area contributed by atoms with E-state index >= 15 is 0 Å². The van der Waals surface area contributed by atoms with Crippen LogP contribution < -0.4 is 4.74 Å². The summed E-state index contributed by atoms with van der Waals surface area (Å²) in [5.74, 6) is 3.10.